The fraction of sp³-hybridized carbons (Fsp3) is 0.786. The van der Waals surface area contributed by atoms with Gasteiger partial charge in [-0.15, -0.1) is 0 Å². The first kappa shape index (κ1) is 12.6. The Morgan fingerprint density at radius 1 is 1.32 bits per heavy atom. The Morgan fingerprint density at radius 3 is 2.53 bits per heavy atom. The molecule has 104 valence electrons. The molecule has 1 heterocycles. The largest absolute Gasteiger partial charge is 0.344 e. The second-order valence-corrected chi connectivity index (χ2v) is 6.40. The Hall–Kier alpha value is -1.39. The molecule has 2 saturated carbocycles. The number of carbonyl (C=O) groups is 1. The number of rotatable bonds is 3. The van der Waals surface area contributed by atoms with Gasteiger partial charge in [0.1, 0.15) is 0 Å². The first-order chi connectivity index (χ1) is 8.99. The standard InChI is InChI=1S/C14H21N3O2/c1-8(18)16-14(2,3)13-15-12(19-17-13)11-9-6-4-5-7-10(9)11/h9-11H,4-7H2,1-3H3,(H,16,18)/t9-,10-/m0/s1. The summed E-state index contributed by atoms with van der Waals surface area (Å²) in [5.74, 6) is 3.23. The molecule has 0 bridgehead atoms. The van der Waals surface area contributed by atoms with Crippen LogP contribution in [0.15, 0.2) is 4.52 Å². The number of aromatic nitrogens is 2. The summed E-state index contributed by atoms with van der Waals surface area (Å²) in [6, 6.07) is 0. The van der Waals surface area contributed by atoms with Crippen LogP contribution in [0.4, 0.5) is 0 Å². The quantitative estimate of drug-likeness (QED) is 0.909. The van der Waals surface area contributed by atoms with Crippen molar-refractivity contribution >= 4 is 5.91 Å². The lowest BCUT2D eigenvalue weighted by Gasteiger charge is -2.20. The minimum Gasteiger partial charge on any atom is -0.344 e. The van der Waals surface area contributed by atoms with Crippen molar-refractivity contribution in [2.75, 3.05) is 0 Å². The number of amides is 1. The van der Waals surface area contributed by atoms with E-state index in [1.807, 2.05) is 13.8 Å². The average Bonchev–Trinajstić information content (AvgIpc) is 2.83. The summed E-state index contributed by atoms with van der Waals surface area (Å²) in [6.45, 7) is 5.28. The van der Waals surface area contributed by atoms with E-state index < -0.39 is 5.54 Å². The predicted octanol–water partition coefficient (Wildman–Crippen LogP) is 2.34. The first-order valence-corrected chi connectivity index (χ1v) is 7.12. The fourth-order valence-electron chi connectivity index (χ4n) is 3.48. The van der Waals surface area contributed by atoms with E-state index in [2.05, 4.69) is 15.5 Å². The number of carbonyl (C=O) groups excluding carboxylic acids is 1. The second kappa shape index (κ2) is 4.32. The Labute approximate surface area is 113 Å². The van der Waals surface area contributed by atoms with Gasteiger partial charge in [-0.05, 0) is 38.5 Å². The highest BCUT2D eigenvalue weighted by atomic mass is 16.5. The van der Waals surface area contributed by atoms with E-state index in [4.69, 9.17) is 4.52 Å². The van der Waals surface area contributed by atoms with E-state index in [1.54, 1.807) is 0 Å². The van der Waals surface area contributed by atoms with E-state index in [0.29, 0.717) is 11.7 Å². The van der Waals surface area contributed by atoms with Crippen molar-refractivity contribution in [3.05, 3.63) is 11.7 Å². The maximum Gasteiger partial charge on any atom is 0.230 e. The summed E-state index contributed by atoms with van der Waals surface area (Å²) in [7, 11) is 0. The van der Waals surface area contributed by atoms with Crippen molar-refractivity contribution in [2.45, 2.75) is 57.9 Å². The van der Waals surface area contributed by atoms with Crippen LogP contribution in [-0.4, -0.2) is 16.0 Å². The van der Waals surface area contributed by atoms with Gasteiger partial charge >= 0.3 is 0 Å². The zero-order chi connectivity index (χ0) is 13.6. The van der Waals surface area contributed by atoms with Gasteiger partial charge in [0.25, 0.3) is 0 Å². The molecule has 2 aliphatic rings. The summed E-state index contributed by atoms with van der Waals surface area (Å²) in [5.41, 5.74) is -0.576. The highest BCUT2D eigenvalue weighted by molar-refractivity contribution is 5.73. The second-order valence-electron chi connectivity index (χ2n) is 6.40. The molecule has 2 atom stereocenters. The van der Waals surface area contributed by atoms with Gasteiger partial charge in [-0.2, -0.15) is 4.98 Å². The van der Waals surface area contributed by atoms with Gasteiger partial charge in [0, 0.05) is 12.8 Å². The molecule has 1 aromatic rings. The van der Waals surface area contributed by atoms with Gasteiger partial charge < -0.3 is 9.84 Å². The number of hydrogen-bond acceptors (Lipinski definition) is 4. The van der Waals surface area contributed by atoms with E-state index >= 15 is 0 Å². The van der Waals surface area contributed by atoms with Crippen molar-refractivity contribution in [1.82, 2.24) is 15.5 Å². The molecule has 1 aromatic heterocycles. The molecule has 1 amide bonds. The molecular formula is C14H21N3O2. The van der Waals surface area contributed by atoms with Crippen molar-refractivity contribution in [2.24, 2.45) is 11.8 Å². The lowest BCUT2D eigenvalue weighted by atomic mass is 10.0. The predicted molar refractivity (Wildman–Crippen MR) is 69.3 cm³/mol. The Bertz CT molecular complexity index is 483. The minimum absolute atomic E-state index is 0.0866. The number of fused-ring (bicyclic) bond motifs is 1. The molecule has 19 heavy (non-hydrogen) atoms. The zero-order valence-corrected chi connectivity index (χ0v) is 11.8. The van der Waals surface area contributed by atoms with Crippen LogP contribution in [0.5, 0.6) is 0 Å². The SMILES string of the molecule is CC(=O)NC(C)(C)c1noc(C2[C@H]3CCCC[C@H]23)n1. The van der Waals surface area contributed by atoms with Crippen molar-refractivity contribution in [3.8, 4) is 0 Å². The van der Waals surface area contributed by atoms with E-state index in [-0.39, 0.29) is 5.91 Å². The summed E-state index contributed by atoms with van der Waals surface area (Å²) >= 11 is 0. The molecule has 3 rings (SSSR count). The lowest BCUT2D eigenvalue weighted by molar-refractivity contribution is -0.120. The van der Waals surface area contributed by atoms with Gasteiger partial charge in [0.2, 0.25) is 11.8 Å². The van der Waals surface area contributed by atoms with Crippen LogP contribution in [0.2, 0.25) is 0 Å². The molecule has 0 saturated heterocycles. The molecule has 0 spiro atoms. The molecule has 0 radical (unpaired) electrons. The lowest BCUT2D eigenvalue weighted by Crippen LogP contribution is -2.40. The van der Waals surface area contributed by atoms with Gasteiger partial charge in [-0.25, -0.2) is 0 Å². The zero-order valence-electron chi connectivity index (χ0n) is 11.8. The number of nitrogens with one attached hydrogen (secondary N) is 1. The Kier molecular flexibility index (Phi) is 2.87. The first-order valence-electron chi connectivity index (χ1n) is 7.12. The highest BCUT2D eigenvalue weighted by Crippen LogP contribution is 2.60. The summed E-state index contributed by atoms with van der Waals surface area (Å²) in [5, 5.41) is 6.91. The van der Waals surface area contributed by atoms with E-state index in [1.165, 1.54) is 32.6 Å². The molecule has 5 nitrogen and oxygen atoms in total. The van der Waals surface area contributed by atoms with Crippen LogP contribution in [0.25, 0.3) is 0 Å². The maximum absolute atomic E-state index is 11.2. The third-order valence-corrected chi connectivity index (χ3v) is 4.43. The number of nitrogens with zero attached hydrogens (tertiary/aromatic N) is 2. The van der Waals surface area contributed by atoms with Gasteiger partial charge in [-0.1, -0.05) is 18.0 Å². The summed E-state index contributed by atoms with van der Waals surface area (Å²) < 4.78 is 5.44. The molecule has 0 aliphatic heterocycles. The number of hydrogen-bond donors (Lipinski definition) is 1. The van der Waals surface area contributed by atoms with E-state index in [9.17, 15) is 4.79 Å². The van der Waals surface area contributed by atoms with Gasteiger partial charge in [0.05, 0.1) is 5.54 Å². The van der Waals surface area contributed by atoms with E-state index in [0.717, 1.165) is 17.7 Å². The van der Waals surface area contributed by atoms with Crippen LogP contribution in [0.3, 0.4) is 0 Å². The maximum atomic E-state index is 11.2. The summed E-state index contributed by atoms with van der Waals surface area (Å²) in [6.07, 6.45) is 5.25. The molecule has 0 unspecified atom stereocenters. The normalized spacial score (nSPS) is 29.7. The Morgan fingerprint density at radius 2 is 1.95 bits per heavy atom. The van der Waals surface area contributed by atoms with Crippen LogP contribution in [0, 0.1) is 11.8 Å². The highest BCUT2D eigenvalue weighted by Gasteiger charge is 2.54. The fourth-order valence-corrected chi connectivity index (χ4v) is 3.48. The topological polar surface area (TPSA) is 68.0 Å². The van der Waals surface area contributed by atoms with Crippen molar-refractivity contribution < 1.29 is 9.32 Å². The third kappa shape index (κ3) is 2.26. The molecule has 2 aliphatic carbocycles. The molecule has 2 fully saturated rings. The smallest absolute Gasteiger partial charge is 0.230 e. The molecule has 0 aromatic carbocycles. The van der Waals surface area contributed by atoms with Crippen molar-refractivity contribution in [1.29, 1.82) is 0 Å². The van der Waals surface area contributed by atoms with Gasteiger partial charge in [0.15, 0.2) is 5.82 Å². The molecule has 5 heteroatoms. The summed E-state index contributed by atoms with van der Waals surface area (Å²) in [4.78, 5) is 15.7. The average molecular weight is 263 g/mol. The van der Waals surface area contributed by atoms with Crippen LogP contribution in [-0.2, 0) is 10.3 Å². The van der Waals surface area contributed by atoms with Gasteiger partial charge in [-0.3, -0.25) is 4.79 Å². The van der Waals surface area contributed by atoms with Crippen LogP contribution < -0.4 is 5.32 Å². The van der Waals surface area contributed by atoms with Crippen LogP contribution >= 0.6 is 0 Å². The molecule has 1 N–H and O–H groups in total. The minimum atomic E-state index is -0.576. The third-order valence-electron chi connectivity index (χ3n) is 4.43. The van der Waals surface area contributed by atoms with Crippen LogP contribution in [0.1, 0.15) is 64.1 Å². The monoisotopic (exact) mass is 263 g/mol. The molecular weight excluding hydrogens is 242 g/mol. The Balaban J connectivity index is 1.75. The van der Waals surface area contributed by atoms with Crippen molar-refractivity contribution in [3.63, 3.8) is 0 Å².